The maximum Gasteiger partial charge on any atom is 0.417 e. The fourth-order valence-corrected chi connectivity index (χ4v) is 1.92. The smallest absolute Gasteiger partial charge is 0.417 e. The number of benzene rings is 2. The van der Waals surface area contributed by atoms with Gasteiger partial charge in [-0.1, -0.05) is 23.4 Å². The van der Waals surface area contributed by atoms with E-state index in [1.54, 1.807) is 0 Å². The molecule has 0 spiro atoms. The maximum atomic E-state index is 12.9. The molecule has 6 heteroatoms. The minimum atomic E-state index is -4.63. The predicted octanol–water partition coefficient (Wildman–Crippen LogP) is 4.34. The van der Waals surface area contributed by atoms with Crippen molar-refractivity contribution >= 4 is 11.6 Å². The van der Waals surface area contributed by atoms with Gasteiger partial charge in [0.2, 0.25) is 0 Å². The van der Waals surface area contributed by atoms with Gasteiger partial charge < -0.3 is 5.11 Å². The van der Waals surface area contributed by atoms with E-state index in [1.165, 1.54) is 18.2 Å². The second-order valence-electron chi connectivity index (χ2n) is 4.28. The third-order valence-electron chi connectivity index (χ3n) is 2.74. The fraction of sp³-hybridized carbons (Fsp3) is 0.0625. The summed E-state index contributed by atoms with van der Waals surface area (Å²) in [6.45, 7) is 0. The lowest BCUT2D eigenvalue weighted by molar-refractivity contribution is -0.137. The zero-order valence-electron chi connectivity index (χ0n) is 10.9. The van der Waals surface area contributed by atoms with E-state index in [4.69, 9.17) is 16.9 Å². The minimum Gasteiger partial charge on any atom is -0.508 e. The molecule has 0 unspecified atom stereocenters. The van der Waals surface area contributed by atoms with Crippen LogP contribution in [0.3, 0.4) is 0 Å². The van der Waals surface area contributed by atoms with Crippen molar-refractivity contribution in [3.63, 3.8) is 0 Å². The zero-order chi connectivity index (χ0) is 16.3. The van der Waals surface area contributed by atoms with Gasteiger partial charge in [0.1, 0.15) is 5.75 Å². The summed E-state index contributed by atoms with van der Waals surface area (Å²) in [4.78, 5) is 0. The molecule has 0 aliphatic rings. The lowest BCUT2D eigenvalue weighted by Crippen LogP contribution is -2.07. The molecule has 0 amide bonds. The lowest BCUT2D eigenvalue weighted by atomic mass is 10.1. The van der Waals surface area contributed by atoms with Gasteiger partial charge in [-0.05, 0) is 36.4 Å². The normalized spacial score (nSPS) is 10.5. The zero-order valence-corrected chi connectivity index (χ0v) is 11.6. The molecule has 2 aromatic rings. The first-order valence-electron chi connectivity index (χ1n) is 5.93. The number of hydrogen-bond acceptors (Lipinski definition) is 2. The molecular weight excluding hydrogens is 315 g/mol. The van der Waals surface area contributed by atoms with Gasteiger partial charge in [-0.2, -0.15) is 18.4 Å². The first-order chi connectivity index (χ1) is 10.3. The van der Waals surface area contributed by atoms with Crippen molar-refractivity contribution < 1.29 is 18.3 Å². The molecule has 0 radical (unpaired) electrons. The highest BCUT2D eigenvalue weighted by molar-refractivity contribution is 6.31. The summed E-state index contributed by atoms with van der Waals surface area (Å²) in [6.07, 6.45) is -4.63. The van der Waals surface area contributed by atoms with Crippen LogP contribution >= 0.6 is 11.6 Å². The summed E-state index contributed by atoms with van der Waals surface area (Å²) in [6, 6.07) is 9.03. The summed E-state index contributed by atoms with van der Waals surface area (Å²) in [7, 11) is 0. The molecule has 0 atom stereocenters. The monoisotopic (exact) mass is 321 g/mol. The number of nitrogens with zero attached hydrogens (tertiary/aromatic N) is 1. The van der Waals surface area contributed by atoms with Crippen LogP contribution in [-0.4, -0.2) is 5.11 Å². The first-order valence-corrected chi connectivity index (χ1v) is 6.31. The third kappa shape index (κ3) is 3.52. The number of alkyl halides is 3. The van der Waals surface area contributed by atoms with E-state index >= 15 is 0 Å². The molecular formula is C16H7ClF3NO. The molecule has 2 nitrogen and oxygen atoms in total. The van der Waals surface area contributed by atoms with Crippen LogP contribution in [0.4, 0.5) is 13.2 Å². The minimum absolute atomic E-state index is 0.180. The van der Waals surface area contributed by atoms with E-state index in [0.29, 0.717) is 17.2 Å². The second-order valence-corrected chi connectivity index (χ2v) is 4.69. The van der Waals surface area contributed by atoms with Gasteiger partial charge in [0, 0.05) is 11.1 Å². The van der Waals surface area contributed by atoms with Gasteiger partial charge in [-0.3, -0.25) is 0 Å². The molecule has 2 rings (SSSR count). The molecule has 0 aromatic heterocycles. The van der Waals surface area contributed by atoms with Gasteiger partial charge in [0.05, 0.1) is 22.2 Å². The molecule has 0 bridgehead atoms. The number of phenolic OH excluding ortho intramolecular Hbond substituents is 1. The van der Waals surface area contributed by atoms with E-state index < -0.39 is 17.5 Å². The Morgan fingerprint density at radius 2 is 1.64 bits per heavy atom. The van der Waals surface area contributed by atoms with E-state index in [9.17, 15) is 18.3 Å². The number of aromatic hydroxyl groups is 1. The van der Waals surface area contributed by atoms with Crippen LogP contribution in [0.25, 0.3) is 0 Å². The van der Waals surface area contributed by atoms with E-state index in [1.807, 2.05) is 6.07 Å². The van der Waals surface area contributed by atoms with Crippen LogP contribution < -0.4 is 0 Å². The van der Waals surface area contributed by atoms with Crippen molar-refractivity contribution in [2.45, 2.75) is 6.18 Å². The van der Waals surface area contributed by atoms with Crippen molar-refractivity contribution in [1.29, 1.82) is 5.26 Å². The number of nitriles is 1. The van der Waals surface area contributed by atoms with Gasteiger partial charge in [0.25, 0.3) is 0 Å². The van der Waals surface area contributed by atoms with E-state index in [2.05, 4.69) is 11.8 Å². The molecule has 0 fully saturated rings. The van der Waals surface area contributed by atoms with Crippen molar-refractivity contribution in [1.82, 2.24) is 0 Å². The Hall–Kier alpha value is -2.63. The van der Waals surface area contributed by atoms with Crippen molar-refractivity contribution in [3.8, 4) is 23.7 Å². The summed E-state index contributed by atoms with van der Waals surface area (Å²) < 4.78 is 38.7. The molecule has 0 heterocycles. The van der Waals surface area contributed by atoms with Crippen LogP contribution in [0.15, 0.2) is 36.4 Å². The van der Waals surface area contributed by atoms with Crippen molar-refractivity contribution in [3.05, 3.63) is 63.7 Å². The van der Waals surface area contributed by atoms with Crippen LogP contribution in [0.5, 0.6) is 5.75 Å². The van der Waals surface area contributed by atoms with Gasteiger partial charge in [-0.25, -0.2) is 0 Å². The average molecular weight is 322 g/mol. The average Bonchev–Trinajstić information content (AvgIpc) is 2.46. The van der Waals surface area contributed by atoms with E-state index in [0.717, 1.165) is 12.1 Å². The topological polar surface area (TPSA) is 44.0 Å². The molecule has 2 aromatic carbocycles. The number of rotatable bonds is 0. The van der Waals surface area contributed by atoms with Crippen molar-refractivity contribution in [2.75, 3.05) is 0 Å². The first kappa shape index (κ1) is 15.8. The van der Waals surface area contributed by atoms with E-state index in [-0.39, 0.29) is 10.6 Å². The van der Waals surface area contributed by atoms with Gasteiger partial charge in [0.15, 0.2) is 0 Å². The Balaban J connectivity index is 2.47. The number of hydrogen-bond donors (Lipinski definition) is 1. The Morgan fingerprint density at radius 3 is 2.23 bits per heavy atom. The highest BCUT2D eigenvalue weighted by Crippen LogP contribution is 2.33. The largest absolute Gasteiger partial charge is 0.508 e. The van der Waals surface area contributed by atoms with Gasteiger partial charge >= 0.3 is 6.18 Å². The summed E-state index contributed by atoms with van der Waals surface area (Å²) in [5.41, 5.74) is -0.659. The van der Waals surface area contributed by atoms with Crippen molar-refractivity contribution in [2.24, 2.45) is 0 Å². The standard InChI is InChI=1S/C16H7ClF3NO/c17-15-7-10(9-21)1-2-12(15)4-3-11-5-6-13(22)8-14(11)16(18,19)20/h1-2,5-8,22H. The molecule has 1 N–H and O–H groups in total. The Kier molecular flexibility index (Phi) is 4.30. The summed E-state index contributed by atoms with van der Waals surface area (Å²) in [5, 5.41) is 18.1. The van der Waals surface area contributed by atoms with Crippen LogP contribution in [0, 0.1) is 23.2 Å². The quantitative estimate of drug-likeness (QED) is 0.734. The Labute approximate surface area is 129 Å². The van der Waals surface area contributed by atoms with Crippen LogP contribution in [0.2, 0.25) is 5.02 Å². The summed E-state index contributed by atoms with van der Waals surface area (Å²) >= 11 is 5.91. The van der Waals surface area contributed by atoms with Gasteiger partial charge in [-0.15, -0.1) is 0 Å². The second kappa shape index (κ2) is 6.01. The molecule has 0 saturated heterocycles. The highest BCUT2D eigenvalue weighted by Gasteiger charge is 2.33. The third-order valence-corrected chi connectivity index (χ3v) is 3.05. The fourth-order valence-electron chi connectivity index (χ4n) is 1.70. The molecule has 110 valence electrons. The highest BCUT2D eigenvalue weighted by atomic mass is 35.5. The van der Waals surface area contributed by atoms with Crippen LogP contribution in [-0.2, 0) is 6.18 Å². The maximum absolute atomic E-state index is 12.9. The molecule has 0 saturated carbocycles. The molecule has 0 aliphatic heterocycles. The molecule has 0 aliphatic carbocycles. The predicted molar refractivity (Wildman–Crippen MR) is 75.3 cm³/mol. The molecule has 22 heavy (non-hydrogen) atoms. The SMILES string of the molecule is N#Cc1ccc(C#Cc2ccc(O)cc2C(F)(F)F)c(Cl)c1. The summed E-state index contributed by atoms with van der Waals surface area (Å²) in [5.74, 6) is 4.44. The lowest BCUT2D eigenvalue weighted by Gasteiger charge is -2.09. The number of halogens is 4. The number of phenols is 1. The van der Waals surface area contributed by atoms with Crippen LogP contribution in [0.1, 0.15) is 22.3 Å². The Bertz CT molecular complexity index is 826. The Morgan fingerprint density at radius 1 is 1.00 bits per heavy atom.